The van der Waals surface area contributed by atoms with Gasteiger partial charge in [-0.05, 0) is 35.9 Å². The Balaban J connectivity index is 2.02. The molecular weight excluding hydrogens is 256 g/mol. The minimum atomic E-state index is -0.999. The quantitative estimate of drug-likeness (QED) is 0.683. The van der Waals surface area contributed by atoms with Crippen LogP contribution >= 0.6 is 0 Å². The highest BCUT2D eigenvalue weighted by Gasteiger charge is 2.04. The lowest BCUT2D eigenvalue weighted by Gasteiger charge is -1.99. The zero-order chi connectivity index (χ0) is 14.4. The standard InChI is InChI=1S/C16H12O4/c17-15(18)14-8-4-5-12(11-14)9-10-20-16(19)13-6-2-1-3-7-13/h1-11H,(H,17,18). The van der Waals surface area contributed by atoms with E-state index in [1.54, 1.807) is 36.4 Å². The van der Waals surface area contributed by atoms with Gasteiger partial charge in [0, 0.05) is 0 Å². The van der Waals surface area contributed by atoms with Gasteiger partial charge in [-0.3, -0.25) is 0 Å². The van der Waals surface area contributed by atoms with Crippen LogP contribution in [0.3, 0.4) is 0 Å². The fraction of sp³-hybridized carbons (Fsp3) is 0. The summed E-state index contributed by atoms with van der Waals surface area (Å²) in [6.07, 6.45) is 2.78. The summed E-state index contributed by atoms with van der Waals surface area (Å²) in [5.74, 6) is -1.46. The number of rotatable bonds is 4. The number of carbonyl (C=O) groups excluding carboxylic acids is 1. The number of aromatic carboxylic acids is 1. The van der Waals surface area contributed by atoms with Gasteiger partial charge in [-0.15, -0.1) is 0 Å². The second kappa shape index (κ2) is 6.33. The molecule has 100 valence electrons. The molecule has 0 radical (unpaired) electrons. The Morgan fingerprint density at radius 1 is 0.950 bits per heavy atom. The molecule has 0 aliphatic carbocycles. The maximum Gasteiger partial charge on any atom is 0.342 e. The van der Waals surface area contributed by atoms with E-state index < -0.39 is 11.9 Å². The van der Waals surface area contributed by atoms with Crippen LogP contribution < -0.4 is 0 Å². The third-order valence-electron chi connectivity index (χ3n) is 2.58. The van der Waals surface area contributed by atoms with Crippen molar-refractivity contribution in [1.29, 1.82) is 0 Å². The van der Waals surface area contributed by atoms with Gasteiger partial charge >= 0.3 is 11.9 Å². The molecule has 1 N–H and O–H groups in total. The van der Waals surface area contributed by atoms with Gasteiger partial charge in [0.1, 0.15) is 0 Å². The maximum atomic E-state index is 11.6. The van der Waals surface area contributed by atoms with Crippen LogP contribution in [0.4, 0.5) is 0 Å². The van der Waals surface area contributed by atoms with E-state index in [1.165, 1.54) is 24.5 Å². The molecule has 0 unspecified atom stereocenters. The zero-order valence-electron chi connectivity index (χ0n) is 10.5. The Kier molecular flexibility index (Phi) is 4.29. The van der Waals surface area contributed by atoms with Crippen molar-refractivity contribution in [3.8, 4) is 0 Å². The third-order valence-corrected chi connectivity index (χ3v) is 2.58. The average Bonchev–Trinajstić information content (AvgIpc) is 2.48. The molecule has 0 amide bonds. The molecule has 0 aromatic heterocycles. The molecule has 2 aromatic carbocycles. The van der Waals surface area contributed by atoms with Crippen LogP contribution in [0.5, 0.6) is 0 Å². The lowest BCUT2D eigenvalue weighted by atomic mass is 10.1. The first-order valence-electron chi connectivity index (χ1n) is 5.93. The Morgan fingerprint density at radius 2 is 1.65 bits per heavy atom. The molecule has 0 saturated heterocycles. The van der Waals surface area contributed by atoms with E-state index in [9.17, 15) is 9.59 Å². The molecule has 0 fully saturated rings. The van der Waals surface area contributed by atoms with E-state index in [0.29, 0.717) is 11.1 Å². The highest BCUT2D eigenvalue weighted by Crippen LogP contribution is 2.08. The SMILES string of the molecule is O=C(O)c1cccc(C=COC(=O)c2ccccc2)c1. The van der Waals surface area contributed by atoms with Crippen molar-refractivity contribution in [3.63, 3.8) is 0 Å². The van der Waals surface area contributed by atoms with E-state index in [2.05, 4.69) is 0 Å². The first kappa shape index (κ1) is 13.5. The molecule has 4 nitrogen and oxygen atoms in total. The number of ether oxygens (including phenoxy) is 1. The summed E-state index contributed by atoms with van der Waals surface area (Å²) in [7, 11) is 0. The number of benzene rings is 2. The van der Waals surface area contributed by atoms with E-state index in [0.717, 1.165) is 0 Å². The van der Waals surface area contributed by atoms with Crippen molar-refractivity contribution in [2.45, 2.75) is 0 Å². The van der Waals surface area contributed by atoms with Crippen molar-refractivity contribution in [1.82, 2.24) is 0 Å². The smallest absolute Gasteiger partial charge is 0.342 e. The van der Waals surface area contributed by atoms with Gasteiger partial charge in [-0.25, -0.2) is 9.59 Å². The van der Waals surface area contributed by atoms with Crippen molar-refractivity contribution in [2.24, 2.45) is 0 Å². The van der Waals surface area contributed by atoms with E-state index in [-0.39, 0.29) is 5.56 Å². The van der Waals surface area contributed by atoms with Crippen LogP contribution in [0.2, 0.25) is 0 Å². The number of carboxylic acids is 1. The topological polar surface area (TPSA) is 63.6 Å². The van der Waals surface area contributed by atoms with Crippen molar-refractivity contribution in [3.05, 3.63) is 77.5 Å². The lowest BCUT2D eigenvalue weighted by Crippen LogP contribution is -1.99. The minimum Gasteiger partial charge on any atom is -0.478 e. The molecule has 0 atom stereocenters. The summed E-state index contributed by atoms with van der Waals surface area (Å²) in [5, 5.41) is 8.86. The van der Waals surface area contributed by atoms with Gasteiger partial charge in [0.2, 0.25) is 0 Å². The molecule has 2 rings (SSSR count). The van der Waals surface area contributed by atoms with E-state index in [1.807, 2.05) is 6.07 Å². The summed E-state index contributed by atoms with van der Waals surface area (Å²) in [4.78, 5) is 22.5. The van der Waals surface area contributed by atoms with Gasteiger partial charge in [0.25, 0.3) is 0 Å². The van der Waals surface area contributed by atoms with Gasteiger partial charge in [-0.2, -0.15) is 0 Å². The zero-order valence-corrected chi connectivity index (χ0v) is 10.5. The molecule has 0 aliphatic rings. The van der Waals surface area contributed by atoms with Crippen LogP contribution in [0.25, 0.3) is 6.08 Å². The molecule has 0 aliphatic heterocycles. The van der Waals surface area contributed by atoms with Gasteiger partial charge in [0.15, 0.2) is 0 Å². The summed E-state index contributed by atoms with van der Waals surface area (Å²) in [5.41, 5.74) is 1.28. The molecule has 0 bridgehead atoms. The fourth-order valence-electron chi connectivity index (χ4n) is 1.59. The van der Waals surface area contributed by atoms with Gasteiger partial charge < -0.3 is 9.84 Å². The fourth-order valence-corrected chi connectivity index (χ4v) is 1.59. The first-order chi connectivity index (χ1) is 9.66. The number of esters is 1. The van der Waals surface area contributed by atoms with E-state index in [4.69, 9.17) is 9.84 Å². The molecule has 20 heavy (non-hydrogen) atoms. The summed E-state index contributed by atoms with van der Waals surface area (Å²) in [6.45, 7) is 0. The van der Waals surface area contributed by atoms with Gasteiger partial charge in [-0.1, -0.05) is 30.3 Å². The lowest BCUT2D eigenvalue weighted by molar-refractivity contribution is 0.0662. The van der Waals surface area contributed by atoms with Crippen molar-refractivity contribution >= 4 is 18.0 Å². The predicted molar refractivity (Wildman–Crippen MR) is 74.3 cm³/mol. The van der Waals surface area contributed by atoms with Crippen LogP contribution in [-0.2, 0) is 4.74 Å². The highest BCUT2D eigenvalue weighted by molar-refractivity contribution is 5.90. The molecular formula is C16H12O4. The molecule has 0 spiro atoms. The number of carboxylic acid groups (broad SMARTS) is 1. The largest absolute Gasteiger partial charge is 0.478 e. The van der Waals surface area contributed by atoms with Crippen molar-refractivity contribution < 1.29 is 19.4 Å². The first-order valence-corrected chi connectivity index (χ1v) is 5.93. The molecule has 2 aromatic rings. The Bertz CT molecular complexity index is 645. The molecule has 0 saturated carbocycles. The highest BCUT2D eigenvalue weighted by atomic mass is 16.5. The summed E-state index contributed by atoms with van der Waals surface area (Å²) < 4.78 is 4.97. The molecule has 4 heteroatoms. The minimum absolute atomic E-state index is 0.182. The number of hydrogen-bond donors (Lipinski definition) is 1. The summed E-state index contributed by atoms with van der Waals surface area (Å²) >= 11 is 0. The maximum absolute atomic E-state index is 11.6. The van der Waals surface area contributed by atoms with Crippen LogP contribution in [0.1, 0.15) is 26.3 Å². The third kappa shape index (κ3) is 3.55. The Labute approximate surface area is 115 Å². The molecule has 0 heterocycles. The average molecular weight is 268 g/mol. The monoisotopic (exact) mass is 268 g/mol. The van der Waals surface area contributed by atoms with Crippen LogP contribution in [-0.4, -0.2) is 17.0 Å². The second-order valence-electron chi connectivity index (χ2n) is 4.00. The van der Waals surface area contributed by atoms with Crippen molar-refractivity contribution in [2.75, 3.05) is 0 Å². The number of hydrogen-bond acceptors (Lipinski definition) is 3. The number of carbonyl (C=O) groups is 2. The van der Waals surface area contributed by atoms with Crippen LogP contribution in [0.15, 0.2) is 60.9 Å². The van der Waals surface area contributed by atoms with Crippen LogP contribution in [0, 0.1) is 0 Å². The van der Waals surface area contributed by atoms with Gasteiger partial charge in [0.05, 0.1) is 17.4 Å². The Morgan fingerprint density at radius 3 is 2.35 bits per heavy atom. The Hall–Kier alpha value is -2.88. The second-order valence-corrected chi connectivity index (χ2v) is 4.00. The predicted octanol–water partition coefficient (Wildman–Crippen LogP) is 3.21. The summed E-state index contributed by atoms with van der Waals surface area (Å²) in [6, 6.07) is 15.0. The van der Waals surface area contributed by atoms with E-state index >= 15 is 0 Å². The normalized spacial score (nSPS) is 10.4.